The number of nitro benzene ring substituents is 1. The fraction of sp³-hybridized carbons (Fsp3) is 0.316. The second-order valence-electron chi connectivity index (χ2n) is 6.17. The van der Waals surface area contributed by atoms with E-state index >= 15 is 0 Å². The fourth-order valence-corrected chi connectivity index (χ4v) is 2.71. The Morgan fingerprint density at radius 2 is 2.00 bits per heavy atom. The second kappa shape index (κ2) is 8.96. The molecule has 2 rings (SSSR count). The van der Waals surface area contributed by atoms with Gasteiger partial charge < -0.3 is 10.4 Å². The molecule has 0 radical (unpaired) electrons. The minimum Gasteiger partial charge on any atom is -0.508 e. The number of rotatable bonds is 8. The molecule has 138 valence electrons. The van der Waals surface area contributed by atoms with Crippen LogP contribution in [0.25, 0.3) is 0 Å². The van der Waals surface area contributed by atoms with Crippen LogP contribution in [0.4, 0.5) is 11.4 Å². The maximum absolute atomic E-state index is 12.4. The number of carbonyl (C=O) groups is 1. The van der Waals surface area contributed by atoms with Crippen molar-refractivity contribution < 1.29 is 14.8 Å². The summed E-state index contributed by atoms with van der Waals surface area (Å²) in [5, 5.41) is 23.7. The number of phenols is 1. The number of amides is 1. The third-order valence-electron chi connectivity index (χ3n) is 3.92. The van der Waals surface area contributed by atoms with Crippen molar-refractivity contribution in [3.63, 3.8) is 0 Å². The van der Waals surface area contributed by atoms with Crippen LogP contribution in [0, 0.1) is 17.0 Å². The summed E-state index contributed by atoms with van der Waals surface area (Å²) in [5.41, 5.74) is 1.54. The van der Waals surface area contributed by atoms with E-state index in [0.29, 0.717) is 13.1 Å². The quantitative estimate of drug-likeness (QED) is 0.557. The molecule has 0 fully saturated rings. The van der Waals surface area contributed by atoms with Gasteiger partial charge in [-0.2, -0.15) is 0 Å². The number of nitrogens with zero attached hydrogens (tertiary/aromatic N) is 2. The Morgan fingerprint density at radius 3 is 2.65 bits per heavy atom. The van der Waals surface area contributed by atoms with Gasteiger partial charge in [0.05, 0.1) is 11.5 Å². The van der Waals surface area contributed by atoms with Crippen LogP contribution in [-0.2, 0) is 11.3 Å². The third-order valence-corrected chi connectivity index (χ3v) is 3.92. The van der Waals surface area contributed by atoms with Gasteiger partial charge in [-0.05, 0) is 37.6 Å². The minimum absolute atomic E-state index is 0.0766. The normalized spacial score (nSPS) is 10.7. The average molecular weight is 357 g/mol. The Morgan fingerprint density at radius 1 is 1.27 bits per heavy atom. The maximum atomic E-state index is 12.4. The first-order valence-electron chi connectivity index (χ1n) is 8.44. The van der Waals surface area contributed by atoms with Crippen LogP contribution in [0.15, 0.2) is 42.5 Å². The van der Waals surface area contributed by atoms with Crippen molar-refractivity contribution in [1.29, 1.82) is 0 Å². The molecule has 0 unspecified atom stereocenters. The zero-order valence-corrected chi connectivity index (χ0v) is 14.9. The summed E-state index contributed by atoms with van der Waals surface area (Å²) >= 11 is 0. The molecule has 7 nitrogen and oxygen atoms in total. The molecular weight excluding hydrogens is 334 g/mol. The predicted molar refractivity (Wildman–Crippen MR) is 100 cm³/mol. The van der Waals surface area contributed by atoms with Crippen LogP contribution >= 0.6 is 0 Å². The first-order valence-corrected chi connectivity index (χ1v) is 8.44. The highest BCUT2D eigenvalue weighted by atomic mass is 16.6. The lowest BCUT2D eigenvalue weighted by Crippen LogP contribution is -2.33. The predicted octanol–water partition coefficient (Wildman–Crippen LogP) is 3.46. The highest BCUT2D eigenvalue weighted by Crippen LogP contribution is 2.25. The van der Waals surface area contributed by atoms with Gasteiger partial charge >= 0.3 is 0 Å². The summed E-state index contributed by atoms with van der Waals surface area (Å²) in [5.74, 6) is -0.149. The van der Waals surface area contributed by atoms with Gasteiger partial charge in [-0.25, -0.2) is 0 Å². The number of hydrogen-bond acceptors (Lipinski definition) is 5. The molecule has 26 heavy (non-hydrogen) atoms. The molecule has 0 saturated carbocycles. The summed E-state index contributed by atoms with van der Waals surface area (Å²) in [6.07, 6.45) is 0.839. The average Bonchev–Trinajstić information content (AvgIpc) is 2.58. The molecule has 0 saturated heterocycles. The number of nitro groups is 1. The standard InChI is InChI=1S/C19H23N3O4/c1-3-10-21(12-15-6-4-5-7-18(15)23)13-19(24)20-16-9-8-14(2)11-17(16)22(25)26/h4-9,11,23H,3,10,12-13H2,1-2H3,(H,20,24). The van der Waals surface area contributed by atoms with Gasteiger partial charge in [-0.3, -0.25) is 19.8 Å². The van der Waals surface area contributed by atoms with E-state index in [1.54, 1.807) is 37.3 Å². The van der Waals surface area contributed by atoms with Crippen molar-refractivity contribution in [2.75, 3.05) is 18.4 Å². The number of anilines is 1. The van der Waals surface area contributed by atoms with Crippen molar-refractivity contribution in [3.05, 3.63) is 63.7 Å². The molecule has 2 N–H and O–H groups in total. The van der Waals surface area contributed by atoms with E-state index in [1.165, 1.54) is 6.07 Å². The Bertz CT molecular complexity index is 792. The Balaban J connectivity index is 2.09. The molecule has 2 aromatic carbocycles. The van der Waals surface area contributed by atoms with E-state index in [-0.39, 0.29) is 29.6 Å². The van der Waals surface area contributed by atoms with E-state index in [0.717, 1.165) is 17.5 Å². The lowest BCUT2D eigenvalue weighted by atomic mass is 10.1. The van der Waals surface area contributed by atoms with E-state index in [2.05, 4.69) is 5.32 Å². The summed E-state index contributed by atoms with van der Waals surface area (Å²) in [6.45, 7) is 4.92. The van der Waals surface area contributed by atoms with Crippen LogP contribution in [0.1, 0.15) is 24.5 Å². The summed E-state index contributed by atoms with van der Waals surface area (Å²) in [4.78, 5) is 25.0. The number of phenolic OH excluding ortho intramolecular Hbond substituents is 1. The number of carbonyl (C=O) groups excluding carboxylic acids is 1. The Kier molecular flexibility index (Phi) is 6.68. The van der Waals surface area contributed by atoms with Crippen molar-refractivity contribution >= 4 is 17.3 Å². The van der Waals surface area contributed by atoms with Crippen molar-refractivity contribution in [2.45, 2.75) is 26.8 Å². The maximum Gasteiger partial charge on any atom is 0.293 e. The van der Waals surface area contributed by atoms with Crippen LogP contribution in [0.2, 0.25) is 0 Å². The minimum atomic E-state index is -0.506. The van der Waals surface area contributed by atoms with Crippen molar-refractivity contribution in [1.82, 2.24) is 4.90 Å². The van der Waals surface area contributed by atoms with Crippen LogP contribution in [-0.4, -0.2) is 33.9 Å². The molecular formula is C19H23N3O4. The highest BCUT2D eigenvalue weighted by molar-refractivity contribution is 5.94. The summed E-state index contributed by atoms with van der Waals surface area (Å²) < 4.78 is 0. The molecule has 0 spiro atoms. The van der Waals surface area contributed by atoms with Crippen LogP contribution in [0.5, 0.6) is 5.75 Å². The Labute approximate surface area is 152 Å². The number of hydrogen-bond donors (Lipinski definition) is 2. The third kappa shape index (κ3) is 5.29. The number of nitrogens with one attached hydrogen (secondary N) is 1. The number of aryl methyl sites for hydroxylation is 1. The molecule has 1 amide bonds. The van der Waals surface area contributed by atoms with Gasteiger partial charge in [-0.15, -0.1) is 0 Å². The number of aromatic hydroxyl groups is 1. The molecule has 0 heterocycles. The van der Waals surface area contributed by atoms with E-state index in [1.807, 2.05) is 17.9 Å². The van der Waals surface area contributed by atoms with Gasteiger partial charge in [0.25, 0.3) is 5.69 Å². The lowest BCUT2D eigenvalue weighted by molar-refractivity contribution is -0.384. The molecule has 0 aliphatic carbocycles. The first kappa shape index (κ1) is 19.4. The highest BCUT2D eigenvalue weighted by Gasteiger charge is 2.18. The monoisotopic (exact) mass is 357 g/mol. The smallest absolute Gasteiger partial charge is 0.293 e. The van der Waals surface area contributed by atoms with Crippen molar-refractivity contribution in [3.8, 4) is 5.75 Å². The van der Waals surface area contributed by atoms with E-state index < -0.39 is 4.92 Å². The van der Waals surface area contributed by atoms with Gasteiger partial charge in [0.15, 0.2) is 0 Å². The zero-order chi connectivity index (χ0) is 19.1. The SMILES string of the molecule is CCCN(CC(=O)Nc1ccc(C)cc1[N+](=O)[O-])Cc1ccccc1O. The fourth-order valence-electron chi connectivity index (χ4n) is 2.71. The molecule has 2 aromatic rings. The lowest BCUT2D eigenvalue weighted by Gasteiger charge is -2.21. The number of benzene rings is 2. The Hall–Kier alpha value is -2.93. The van der Waals surface area contributed by atoms with E-state index in [4.69, 9.17) is 0 Å². The first-order chi connectivity index (χ1) is 12.4. The van der Waals surface area contributed by atoms with Crippen LogP contribution in [0.3, 0.4) is 0 Å². The van der Waals surface area contributed by atoms with Gasteiger partial charge in [0, 0.05) is 18.2 Å². The van der Waals surface area contributed by atoms with Crippen molar-refractivity contribution in [2.24, 2.45) is 0 Å². The molecule has 0 aliphatic rings. The van der Waals surface area contributed by atoms with Gasteiger partial charge in [0.2, 0.25) is 5.91 Å². The van der Waals surface area contributed by atoms with E-state index in [9.17, 15) is 20.0 Å². The zero-order valence-electron chi connectivity index (χ0n) is 14.9. The topological polar surface area (TPSA) is 95.7 Å². The molecule has 0 atom stereocenters. The molecule has 0 aromatic heterocycles. The van der Waals surface area contributed by atoms with Gasteiger partial charge in [-0.1, -0.05) is 31.2 Å². The summed E-state index contributed by atoms with van der Waals surface area (Å²) in [6, 6.07) is 11.7. The molecule has 0 bridgehead atoms. The van der Waals surface area contributed by atoms with Crippen LogP contribution < -0.4 is 5.32 Å². The second-order valence-corrected chi connectivity index (χ2v) is 6.17. The van der Waals surface area contributed by atoms with Gasteiger partial charge in [0.1, 0.15) is 11.4 Å². The molecule has 0 aliphatic heterocycles. The largest absolute Gasteiger partial charge is 0.508 e. The summed E-state index contributed by atoms with van der Waals surface area (Å²) in [7, 11) is 0. The molecule has 7 heteroatoms. The number of para-hydroxylation sites is 1.